The summed E-state index contributed by atoms with van der Waals surface area (Å²) < 4.78 is 0. The van der Waals surface area contributed by atoms with E-state index in [1.54, 1.807) is 0 Å². The minimum Gasteiger partial charge on any atom is -0.344 e. The van der Waals surface area contributed by atoms with Gasteiger partial charge in [-0.2, -0.15) is 0 Å². The molecule has 0 aromatic heterocycles. The maximum atomic E-state index is 3.44. The number of hydrogen-bond acceptors (Lipinski definition) is 1. The predicted octanol–water partition coefficient (Wildman–Crippen LogP) is 3.36. The minimum atomic E-state index is 0. The van der Waals surface area contributed by atoms with Crippen LogP contribution in [0.3, 0.4) is 0 Å². The third-order valence-electron chi connectivity index (χ3n) is 1.86. The van der Waals surface area contributed by atoms with Gasteiger partial charge in [0.05, 0.1) is 0 Å². The van der Waals surface area contributed by atoms with Gasteiger partial charge >= 0.3 is 0 Å². The molecule has 0 unspecified atom stereocenters. The molecule has 0 aliphatic heterocycles. The van der Waals surface area contributed by atoms with Crippen LogP contribution in [0.5, 0.6) is 0 Å². The summed E-state index contributed by atoms with van der Waals surface area (Å²) in [6.07, 6.45) is 0. The van der Waals surface area contributed by atoms with Crippen LogP contribution in [0.15, 0.2) is 18.2 Å². The average Bonchev–Trinajstić information content (AvgIpc) is 1.95. The summed E-state index contributed by atoms with van der Waals surface area (Å²) in [6, 6.07) is 6.39. The Labute approximate surface area is 76.5 Å². The Kier molecular flexibility index (Phi) is 4.38. The normalized spacial score (nSPS) is 9.00. The number of benzene rings is 1. The molecular weight excluding hydrogens is 202 g/mol. The van der Waals surface area contributed by atoms with Crippen molar-refractivity contribution in [1.82, 2.24) is 6.15 Å². The number of hydrogen-bond donors (Lipinski definition) is 1. The Bertz CT molecular complexity index is 233. The molecule has 0 spiro atoms. The van der Waals surface area contributed by atoms with Gasteiger partial charge in [-0.05, 0) is 30.5 Å². The van der Waals surface area contributed by atoms with Gasteiger partial charge in [-0.25, -0.2) is 0 Å². The highest BCUT2D eigenvalue weighted by atomic mass is 79.9. The lowest BCUT2D eigenvalue weighted by Crippen LogP contribution is -1.86. The Morgan fingerprint density at radius 2 is 1.91 bits per heavy atom. The summed E-state index contributed by atoms with van der Waals surface area (Å²) in [5.41, 5.74) is 4.16. The van der Waals surface area contributed by atoms with E-state index >= 15 is 0 Å². The van der Waals surface area contributed by atoms with Gasteiger partial charge in [0.15, 0.2) is 0 Å². The molecule has 0 fully saturated rings. The van der Waals surface area contributed by atoms with E-state index in [0.717, 1.165) is 5.33 Å². The van der Waals surface area contributed by atoms with Gasteiger partial charge in [0, 0.05) is 5.33 Å². The van der Waals surface area contributed by atoms with Crippen molar-refractivity contribution in [1.29, 1.82) is 0 Å². The highest BCUT2D eigenvalue weighted by Crippen LogP contribution is 2.14. The van der Waals surface area contributed by atoms with Crippen LogP contribution in [0.25, 0.3) is 0 Å². The molecule has 62 valence electrons. The molecule has 0 saturated carbocycles. The topological polar surface area (TPSA) is 35.0 Å². The molecule has 0 saturated heterocycles. The van der Waals surface area contributed by atoms with E-state index in [1.165, 1.54) is 16.7 Å². The number of halogens is 1. The predicted molar refractivity (Wildman–Crippen MR) is 53.6 cm³/mol. The summed E-state index contributed by atoms with van der Waals surface area (Å²) in [5, 5.41) is 0.959. The zero-order chi connectivity index (χ0) is 7.56. The SMILES string of the molecule is Cc1cccc(CBr)c1C.N. The third kappa shape index (κ3) is 2.31. The van der Waals surface area contributed by atoms with Gasteiger partial charge in [0.25, 0.3) is 0 Å². The van der Waals surface area contributed by atoms with E-state index in [4.69, 9.17) is 0 Å². The first-order chi connectivity index (χ1) is 4.75. The third-order valence-corrected chi connectivity index (χ3v) is 2.46. The standard InChI is InChI=1S/C9H11Br.H3N/c1-7-4-3-5-9(6-10)8(7)2;/h3-5H,6H2,1-2H3;1H3. The van der Waals surface area contributed by atoms with Gasteiger partial charge in [-0.15, -0.1) is 0 Å². The summed E-state index contributed by atoms with van der Waals surface area (Å²) in [5.74, 6) is 0. The molecule has 1 rings (SSSR count). The second-order valence-electron chi connectivity index (χ2n) is 2.49. The van der Waals surface area contributed by atoms with Crippen LogP contribution in [0, 0.1) is 13.8 Å². The second-order valence-corrected chi connectivity index (χ2v) is 3.05. The van der Waals surface area contributed by atoms with Crippen LogP contribution < -0.4 is 6.15 Å². The van der Waals surface area contributed by atoms with Crippen LogP contribution in [0.1, 0.15) is 16.7 Å². The lowest BCUT2D eigenvalue weighted by Gasteiger charge is -2.03. The first kappa shape index (κ1) is 10.7. The molecule has 0 amide bonds. The molecule has 11 heavy (non-hydrogen) atoms. The molecule has 3 N–H and O–H groups in total. The molecular formula is C9H14BrN. The quantitative estimate of drug-likeness (QED) is 0.717. The smallest absolute Gasteiger partial charge is 0.0285 e. The molecule has 1 aromatic rings. The Balaban J connectivity index is 0.000001000. The van der Waals surface area contributed by atoms with Crippen LogP contribution in [-0.2, 0) is 5.33 Å². The Hall–Kier alpha value is -0.340. The highest BCUT2D eigenvalue weighted by molar-refractivity contribution is 9.08. The van der Waals surface area contributed by atoms with E-state index in [0.29, 0.717) is 0 Å². The first-order valence-corrected chi connectivity index (χ1v) is 4.49. The molecule has 0 bridgehead atoms. The molecule has 0 radical (unpaired) electrons. The fourth-order valence-electron chi connectivity index (χ4n) is 0.957. The van der Waals surface area contributed by atoms with Gasteiger partial charge in [-0.3, -0.25) is 0 Å². The van der Waals surface area contributed by atoms with Crippen molar-refractivity contribution in [2.45, 2.75) is 19.2 Å². The van der Waals surface area contributed by atoms with Gasteiger partial charge in [0.2, 0.25) is 0 Å². The van der Waals surface area contributed by atoms with E-state index in [2.05, 4.69) is 48.0 Å². The van der Waals surface area contributed by atoms with Crippen LogP contribution in [0.2, 0.25) is 0 Å². The fourth-order valence-corrected chi connectivity index (χ4v) is 1.56. The Morgan fingerprint density at radius 1 is 1.27 bits per heavy atom. The van der Waals surface area contributed by atoms with E-state index in [1.807, 2.05) is 0 Å². The first-order valence-electron chi connectivity index (χ1n) is 3.36. The number of alkyl halides is 1. The van der Waals surface area contributed by atoms with Crippen molar-refractivity contribution in [3.8, 4) is 0 Å². The Morgan fingerprint density at radius 3 is 2.36 bits per heavy atom. The fraction of sp³-hybridized carbons (Fsp3) is 0.333. The number of aryl methyl sites for hydroxylation is 1. The maximum Gasteiger partial charge on any atom is 0.0285 e. The summed E-state index contributed by atoms with van der Waals surface area (Å²) in [6.45, 7) is 4.30. The van der Waals surface area contributed by atoms with Crippen molar-refractivity contribution in [3.05, 3.63) is 34.9 Å². The van der Waals surface area contributed by atoms with Gasteiger partial charge in [0.1, 0.15) is 0 Å². The van der Waals surface area contributed by atoms with E-state index in [9.17, 15) is 0 Å². The molecule has 0 atom stereocenters. The summed E-state index contributed by atoms with van der Waals surface area (Å²) in [4.78, 5) is 0. The van der Waals surface area contributed by atoms with Gasteiger partial charge in [-0.1, -0.05) is 34.1 Å². The van der Waals surface area contributed by atoms with Crippen molar-refractivity contribution >= 4 is 15.9 Å². The van der Waals surface area contributed by atoms with Crippen molar-refractivity contribution in [2.24, 2.45) is 0 Å². The van der Waals surface area contributed by atoms with Crippen LogP contribution in [0.4, 0.5) is 0 Å². The molecule has 1 aromatic carbocycles. The highest BCUT2D eigenvalue weighted by Gasteiger charge is 1.96. The van der Waals surface area contributed by atoms with Crippen molar-refractivity contribution < 1.29 is 0 Å². The second kappa shape index (κ2) is 4.52. The maximum absolute atomic E-state index is 3.44. The lowest BCUT2D eigenvalue weighted by atomic mass is 10.1. The monoisotopic (exact) mass is 215 g/mol. The van der Waals surface area contributed by atoms with E-state index in [-0.39, 0.29) is 6.15 Å². The zero-order valence-electron chi connectivity index (χ0n) is 7.02. The van der Waals surface area contributed by atoms with Crippen LogP contribution >= 0.6 is 15.9 Å². The molecule has 0 heterocycles. The van der Waals surface area contributed by atoms with E-state index < -0.39 is 0 Å². The van der Waals surface area contributed by atoms with Gasteiger partial charge < -0.3 is 6.15 Å². The van der Waals surface area contributed by atoms with Crippen molar-refractivity contribution in [3.63, 3.8) is 0 Å². The minimum absolute atomic E-state index is 0. The lowest BCUT2D eigenvalue weighted by molar-refractivity contribution is 1.25. The number of rotatable bonds is 1. The average molecular weight is 216 g/mol. The molecule has 1 nitrogen and oxygen atoms in total. The summed E-state index contributed by atoms with van der Waals surface area (Å²) >= 11 is 3.44. The van der Waals surface area contributed by atoms with Crippen LogP contribution in [-0.4, -0.2) is 0 Å². The molecule has 2 heteroatoms. The van der Waals surface area contributed by atoms with Crippen molar-refractivity contribution in [2.75, 3.05) is 0 Å². The zero-order valence-corrected chi connectivity index (χ0v) is 8.61. The molecule has 0 aliphatic rings. The summed E-state index contributed by atoms with van der Waals surface area (Å²) in [7, 11) is 0. The molecule has 0 aliphatic carbocycles. The largest absolute Gasteiger partial charge is 0.344 e.